The molecule has 2 aromatic rings. The zero-order valence-corrected chi connectivity index (χ0v) is 23.6. The molecule has 2 atom stereocenters. The van der Waals surface area contributed by atoms with E-state index in [1.807, 2.05) is 37.3 Å². The molecule has 1 heterocycles. The summed E-state index contributed by atoms with van der Waals surface area (Å²) < 4.78 is 26.9. The van der Waals surface area contributed by atoms with E-state index in [1.54, 1.807) is 18.2 Å². The Bertz CT molecular complexity index is 1110. The summed E-state index contributed by atoms with van der Waals surface area (Å²) >= 11 is 0. The fraction of sp³-hybridized carbons (Fsp3) is 0.552. The van der Waals surface area contributed by atoms with Gasteiger partial charge >= 0.3 is 0 Å². The first-order valence-electron chi connectivity index (χ1n) is 14.0. The van der Waals surface area contributed by atoms with Crippen molar-refractivity contribution in [3.63, 3.8) is 0 Å². The van der Waals surface area contributed by atoms with E-state index in [0.29, 0.717) is 49.4 Å². The van der Waals surface area contributed by atoms with Gasteiger partial charge in [0.2, 0.25) is 10.0 Å². The van der Waals surface area contributed by atoms with E-state index in [0.717, 1.165) is 31.4 Å². The summed E-state index contributed by atoms with van der Waals surface area (Å²) in [5.41, 5.74) is 2.55. The summed E-state index contributed by atoms with van der Waals surface area (Å²) in [5.74, 6) is -0.236. The van der Waals surface area contributed by atoms with E-state index in [1.165, 1.54) is 17.1 Å². The Hall–Kier alpha value is -2.62. The number of unbranched alkanes of at least 4 members (excludes halogenated alkanes) is 3. The highest BCUT2D eigenvalue weighted by Crippen LogP contribution is 2.28. The van der Waals surface area contributed by atoms with E-state index < -0.39 is 22.2 Å². The second kappa shape index (κ2) is 15.1. The van der Waals surface area contributed by atoms with Crippen LogP contribution in [0.4, 0.5) is 11.4 Å². The first-order valence-corrected chi connectivity index (χ1v) is 15.6. The van der Waals surface area contributed by atoms with Gasteiger partial charge in [-0.05, 0) is 62.9 Å². The summed E-state index contributed by atoms with van der Waals surface area (Å²) in [6.07, 6.45) is 5.69. The molecular formula is C29H44N4O4S. The van der Waals surface area contributed by atoms with E-state index in [2.05, 4.69) is 22.9 Å². The Kier molecular flexibility index (Phi) is 11.9. The molecule has 1 fully saturated rings. The maximum absolute atomic E-state index is 13.5. The van der Waals surface area contributed by atoms with Gasteiger partial charge in [0.05, 0.1) is 23.6 Å². The van der Waals surface area contributed by atoms with Crippen LogP contribution in [-0.2, 0) is 16.4 Å². The van der Waals surface area contributed by atoms with Crippen molar-refractivity contribution in [1.82, 2.24) is 10.6 Å². The highest BCUT2D eigenvalue weighted by molar-refractivity contribution is 7.92. The predicted molar refractivity (Wildman–Crippen MR) is 155 cm³/mol. The number of rotatable bonds is 15. The number of aliphatic hydroxyl groups excluding tert-OH is 1. The normalized spacial score (nSPS) is 16.6. The van der Waals surface area contributed by atoms with Crippen molar-refractivity contribution in [1.29, 1.82) is 0 Å². The van der Waals surface area contributed by atoms with Crippen molar-refractivity contribution in [2.45, 2.75) is 70.9 Å². The van der Waals surface area contributed by atoms with Crippen LogP contribution in [0.1, 0.15) is 68.3 Å². The molecule has 0 aromatic heterocycles. The van der Waals surface area contributed by atoms with Crippen molar-refractivity contribution in [2.75, 3.05) is 41.6 Å². The molecule has 0 bridgehead atoms. The van der Waals surface area contributed by atoms with E-state index in [9.17, 15) is 18.3 Å². The van der Waals surface area contributed by atoms with Crippen molar-refractivity contribution in [3.05, 3.63) is 59.7 Å². The molecule has 1 saturated heterocycles. The topological polar surface area (TPSA) is 111 Å². The lowest BCUT2D eigenvalue weighted by atomic mass is 10.00. The zero-order chi connectivity index (χ0) is 27.4. The molecule has 0 spiro atoms. The molecular weight excluding hydrogens is 500 g/mol. The lowest BCUT2D eigenvalue weighted by Gasteiger charge is -2.29. The average molecular weight is 545 g/mol. The maximum Gasteiger partial charge on any atom is 0.251 e. The summed E-state index contributed by atoms with van der Waals surface area (Å²) in [6, 6.07) is 14.4. The first-order chi connectivity index (χ1) is 18.3. The molecule has 0 unspecified atom stereocenters. The predicted octanol–water partition coefficient (Wildman–Crippen LogP) is 3.92. The van der Waals surface area contributed by atoms with Gasteiger partial charge in [-0.15, -0.1) is 0 Å². The molecule has 1 amide bonds. The maximum atomic E-state index is 13.5. The SMILES string of the molecule is CCCCCCNC[C@@H](O)[C@H](Cc1ccccc1)NC(=O)c1cc(NCC)cc(N2CCCCS2(=O)=O)c1. The summed E-state index contributed by atoms with van der Waals surface area (Å²) in [5, 5.41) is 20.6. The summed E-state index contributed by atoms with van der Waals surface area (Å²) in [6.45, 7) is 6.36. The van der Waals surface area contributed by atoms with Gasteiger partial charge in [0.1, 0.15) is 0 Å². The van der Waals surface area contributed by atoms with Crippen molar-refractivity contribution >= 4 is 27.3 Å². The number of amides is 1. The first kappa shape index (κ1) is 29.9. The largest absolute Gasteiger partial charge is 0.390 e. The van der Waals surface area contributed by atoms with Crippen LogP contribution in [0.25, 0.3) is 0 Å². The van der Waals surface area contributed by atoms with E-state index in [-0.39, 0.29) is 11.7 Å². The van der Waals surface area contributed by atoms with Gasteiger partial charge in [0, 0.05) is 30.9 Å². The van der Waals surface area contributed by atoms with Crippen LogP contribution in [0.2, 0.25) is 0 Å². The van der Waals surface area contributed by atoms with Crippen LogP contribution >= 0.6 is 0 Å². The molecule has 210 valence electrons. The van der Waals surface area contributed by atoms with Crippen molar-refractivity contribution < 1.29 is 18.3 Å². The van der Waals surface area contributed by atoms with Crippen LogP contribution in [-0.4, -0.2) is 63.5 Å². The molecule has 1 aliphatic heterocycles. The average Bonchev–Trinajstić information content (AvgIpc) is 2.90. The molecule has 8 nitrogen and oxygen atoms in total. The molecule has 0 radical (unpaired) electrons. The van der Waals surface area contributed by atoms with Crippen LogP contribution in [0.15, 0.2) is 48.5 Å². The number of carbonyl (C=O) groups is 1. The highest BCUT2D eigenvalue weighted by Gasteiger charge is 2.28. The Balaban J connectivity index is 1.78. The minimum absolute atomic E-state index is 0.108. The van der Waals surface area contributed by atoms with Crippen LogP contribution in [0.3, 0.4) is 0 Å². The number of nitrogens with one attached hydrogen (secondary N) is 3. The minimum atomic E-state index is -3.42. The van der Waals surface area contributed by atoms with Gasteiger partial charge < -0.3 is 21.1 Å². The Morgan fingerprint density at radius 2 is 1.84 bits per heavy atom. The summed E-state index contributed by atoms with van der Waals surface area (Å²) in [7, 11) is -3.42. The van der Waals surface area contributed by atoms with Crippen molar-refractivity contribution in [2.24, 2.45) is 0 Å². The standard InChI is InChI=1S/C29H44N4O4S/c1-3-5-6-10-15-30-22-28(34)27(18-23-13-8-7-9-14-23)32-29(35)24-19-25(31-4-2)21-26(20-24)33-16-11-12-17-38(33,36)37/h7-9,13-14,19-21,27-28,30-31,34H,3-6,10-12,15-18,22H2,1-2H3,(H,32,35)/t27-,28+/m0/s1. The number of nitrogens with zero attached hydrogens (tertiary/aromatic N) is 1. The molecule has 9 heteroatoms. The molecule has 2 aromatic carbocycles. The fourth-order valence-electron chi connectivity index (χ4n) is 4.74. The minimum Gasteiger partial charge on any atom is -0.390 e. The van der Waals surface area contributed by atoms with E-state index >= 15 is 0 Å². The Morgan fingerprint density at radius 1 is 1.05 bits per heavy atom. The lowest BCUT2D eigenvalue weighted by Crippen LogP contribution is -2.49. The Morgan fingerprint density at radius 3 is 2.55 bits per heavy atom. The molecule has 0 saturated carbocycles. The molecule has 0 aliphatic carbocycles. The molecule has 38 heavy (non-hydrogen) atoms. The number of carbonyl (C=O) groups excluding carboxylic acids is 1. The van der Waals surface area contributed by atoms with Gasteiger partial charge in [-0.1, -0.05) is 56.5 Å². The number of aliphatic hydroxyl groups is 1. The monoisotopic (exact) mass is 544 g/mol. The van der Waals surface area contributed by atoms with Gasteiger partial charge in [0.25, 0.3) is 5.91 Å². The number of hydrogen-bond donors (Lipinski definition) is 4. The lowest BCUT2D eigenvalue weighted by molar-refractivity contribution is 0.0830. The number of anilines is 2. The van der Waals surface area contributed by atoms with Gasteiger partial charge in [-0.25, -0.2) is 8.42 Å². The molecule has 1 aliphatic rings. The molecule has 4 N–H and O–H groups in total. The van der Waals surface area contributed by atoms with Crippen molar-refractivity contribution in [3.8, 4) is 0 Å². The third-order valence-electron chi connectivity index (χ3n) is 6.84. The number of benzene rings is 2. The van der Waals surface area contributed by atoms with Gasteiger partial charge in [-0.2, -0.15) is 0 Å². The summed E-state index contributed by atoms with van der Waals surface area (Å²) in [4.78, 5) is 13.5. The Labute approximate surface area is 228 Å². The van der Waals surface area contributed by atoms with Crippen LogP contribution in [0.5, 0.6) is 0 Å². The number of hydrogen-bond acceptors (Lipinski definition) is 6. The van der Waals surface area contributed by atoms with Crippen LogP contribution in [0, 0.1) is 0 Å². The van der Waals surface area contributed by atoms with Gasteiger partial charge in [0.15, 0.2) is 0 Å². The van der Waals surface area contributed by atoms with Gasteiger partial charge in [-0.3, -0.25) is 9.10 Å². The third kappa shape index (κ3) is 8.99. The third-order valence-corrected chi connectivity index (χ3v) is 8.71. The second-order valence-corrected chi connectivity index (χ2v) is 12.0. The fourth-order valence-corrected chi connectivity index (χ4v) is 6.37. The quantitative estimate of drug-likeness (QED) is 0.253. The zero-order valence-electron chi connectivity index (χ0n) is 22.8. The smallest absolute Gasteiger partial charge is 0.251 e. The highest BCUT2D eigenvalue weighted by atomic mass is 32.2. The van der Waals surface area contributed by atoms with E-state index in [4.69, 9.17) is 0 Å². The molecule has 3 rings (SSSR count). The second-order valence-electron chi connectivity index (χ2n) is 10.00. The van der Waals surface area contributed by atoms with Crippen LogP contribution < -0.4 is 20.3 Å². The number of sulfonamides is 1.